The summed E-state index contributed by atoms with van der Waals surface area (Å²) >= 11 is 0. The third-order valence-corrected chi connectivity index (χ3v) is 13.3. The van der Waals surface area contributed by atoms with Gasteiger partial charge in [-0.05, 0) is 32.6 Å². The number of rotatable bonds is 7. The van der Waals surface area contributed by atoms with Crippen molar-refractivity contribution in [3.05, 3.63) is 85.1 Å². The Balaban J connectivity index is 1.90. The summed E-state index contributed by atoms with van der Waals surface area (Å²) in [6.07, 6.45) is 7.67. The van der Waals surface area contributed by atoms with E-state index in [0.29, 0.717) is 0 Å². The maximum absolute atomic E-state index is 13.7. The molecule has 0 aromatic heterocycles. The molecule has 3 aliphatic rings. The maximum Gasteiger partial charge on any atom is 0.308 e. The van der Waals surface area contributed by atoms with Crippen molar-refractivity contribution < 1.29 is 82.9 Å². The Labute approximate surface area is 411 Å². The number of nitrogens with one attached hydrogen (secondary N) is 1. The minimum atomic E-state index is -3.83. The van der Waals surface area contributed by atoms with Crippen molar-refractivity contribution >= 4 is 21.9 Å². The summed E-state index contributed by atoms with van der Waals surface area (Å²) in [5, 5.41) is 106. The number of aliphatic hydroxyl groups excluding tert-OH is 8. The topological polar surface area (TPSA) is 351 Å². The average Bonchev–Trinajstić information content (AvgIpc) is 3.26. The summed E-state index contributed by atoms with van der Waals surface area (Å²) < 4.78 is 46.6. The SMILES string of the molecule is C[C@@H]1[C@H](O)[C@@H](C)/C=C/C=C/C=C/C=C/C=C/C=C/C=C/[C@H](O[C@H]2C[C@@H](N)[C@H](O)CO2)C[C@@H]2O[C@](O)(C[C@@H](O)C[C@@H](O)[C@H](O)CC[C@@H](O)C[C@@H](O)CC(=O)O[C@H]1C)C[C@H](O)[C@H]2C(=O)NCCCS(N)(=O)=O. The number of carbonyl (C=O) groups is 2. The number of carbonyl (C=O) groups excluding carboxylic acids is 2. The second-order valence-electron chi connectivity index (χ2n) is 18.7. The van der Waals surface area contributed by atoms with Crippen LogP contribution in [0.5, 0.6) is 0 Å². The fraction of sp³-hybridized carbons (Fsp3) is 0.673. The zero-order valence-corrected chi connectivity index (χ0v) is 41.2. The molecular formula is C49H79N3O17S. The quantitative estimate of drug-likeness (QED) is 0.119. The Bertz CT molecular complexity index is 1910. The molecule has 3 rings (SSSR count). The van der Waals surface area contributed by atoms with Crippen LogP contribution in [0.2, 0.25) is 0 Å². The molecule has 3 aliphatic heterocycles. The van der Waals surface area contributed by atoms with Gasteiger partial charge in [-0.25, -0.2) is 13.6 Å². The second kappa shape index (κ2) is 30.5. The molecule has 0 saturated carbocycles. The Hall–Kier alpha value is -3.49. The summed E-state index contributed by atoms with van der Waals surface area (Å²) in [6, 6.07) is -0.677. The van der Waals surface area contributed by atoms with Crippen LogP contribution in [0.1, 0.15) is 85.0 Å². The number of hydrogen-bond donors (Lipinski definition) is 12. The van der Waals surface area contributed by atoms with Crippen LogP contribution < -0.4 is 16.2 Å². The van der Waals surface area contributed by atoms with Gasteiger partial charge >= 0.3 is 5.97 Å². The molecule has 2 fully saturated rings. The molecule has 14 N–H and O–H groups in total. The van der Waals surface area contributed by atoms with Crippen LogP contribution in [0.15, 0.2) is 85.1 Å². The van der Waals surface area contributed by atoms with Crippen molar-refractivity contribution in [1.82, 2.24) is 5.32 Å². The monoisotopic (exact) mass is 1010 g/mol. The number of hydrogen-bond acceptors (Lipinski definition) is 18. The van der Waals surface area contributed by atoms with E-state index in [1.807, 2.05) is 37.3 Å². The zero-order valence-electron chi connectivity index (χ0n) is 40.4. The molecule has 1 amide bonds. The number of fused-ring (bicyclic) bond motifs is 2. The fourth-order valence-corrected chi connectivity index (χ4v) is 8.85. The van der Waals surface area contributed by atoms with Crippen molar-refractivity contribution in [2.75, 3.05) is 18.9 Å². The zero-order chi connectivity index (χ0) is 52.0. The number of cyclic esters (lactones) is 1. The number of ether oxygens (including phenoxy) is 4. The van der Waals surface area contributed by atoms with Crippen LogP contribution in [0, 0.1) is 17.8 Å². The highest BCUT2D eigenvalue weighted by molar-refractivity contribution is 7.89. The summed E-state index contributed by atoms with van der Waals surface area (Å²) in [7, 11) is -3.83. The molecule has 398 valence electrons. The van der Waals surface area contributed by atoms with E-state index in [1.165, 1.54) is 0 Å². The number of aliphatic hydroxyl groups is 9. The van der Waals surface area contributed by atoms with Gasteiger partial charge in [-0.15, -0.1) is 0 Å². The first-order valence-corrected chi connectivity index (χ1v) is 25.7. The highest BCUT2D eigenvalue weighted by Gasteiger charge is 2.50. The minimum absolute atomic E-state index is 0.0338. The number of allylic oxidation sites excluding steroid dienone is 12. The third-order valence-electron chi connectivity index (χ3n) is 12.5. The molecule has 70 heavy (non-hydrogen) atoms. The van der Waals surface area contributed by atoms with Crippen LogP contribution in [-0.2, 0) is 38.6 Å². The van der Waals surface area contributed by atoms with Crippen molar-refractivity contribution in [1.29, 1.82) is 0 Å². The van der Waals surface area contributed by atoms with Gasteiger partial charge in [0.25, 0.3) is 0 Å². The van der Waals surface area contributed by atoms with Gasteiger partial charge in [-0.2, -0.15) is 0 Å². The van der Waals surface area contributed by atoms with E-state index in [4.69, 9.17) is 29.8 Å². The first-order chi connectivity index (χ1) is 33.0. The van der Waals surface area contributed by atoms with E-state index in [0.717, 1.165) is 0 Å². The molecule has 21 heteroatoms. The van der Waals surface area contributed by atoms with E-state index >= 15 is 0 Å². The molecule has 17 atom stereocenters. The van der Waals surface area contributed by atoms with E-state index in [9.17, 15) is 64.0 Å². The third kappa shape index (κ3) is 22.9. The summed E-state index contributed by atoms with van der Waals surface area (Å²) in [5.41, 5.74) is 6.10. The van der Waals surface area contributed by atoms with Crippen molar-refractivity contribution in [2.24, 2.45) is 28.6 Å². The Kier molecular flexibility index (Phi) is 26.5. The molecule has 0 radical (unpaired) electrons. The lowest BCUT2D eigenvalue weighted by Gasteiger charge is -2.45. The predicted molar refractivity (Wildman–Crippen MR) is 259 cm³/mol. The highest BCUT2D eigenvalue weighted by atomic mass is 32.2. The van der Waals surface area contributed by atoms with Crippen LogP contribution in [0.3, 0.4) is 0 Å². The van der Waals surface area contributed by atoms with Gasteiger partial charge in [0.2, 0.25) is 15.9 Å². The molecule has 0 spiro atoms. The smallest absolute Gasteiger partial charge is 0.308 e. The van der Waals surface area contributed by atoms with Crippen LogP contribution >= 0.6 is 0 Å². The molecule has 0 aliphatic carbocycles. The van der Waals surface area contributed by atoms with Crippen LogP contribution in [0.25, 0.3) is 0 Å². The number of esters is 1. The number of nitrogens with two attached hydrogens (primary N) is 2. The van der Waals surface area contributed by atoms with Gasteiger partial charge < -0.3 is 76.0 Å². The van der Waals surface area contributed by atoms with E-state index < -0.39 is 150 Å². The highest BCUT2D eigenvalue weighted by Crippen LogP contribution is 2.38. The minimum Gasteiger partial charge on any atom is -0.462 e. The van der Waals surface area contributed by atoms with E-state index in [1.54, 1.807) is 68.5 Å². The molecule has 20 nitrogen and oxygen atoms in total. The molecule has 0 aromatic rings. The first-order valence-electron chi connectivity index (χ1n) is 24.0. The van der Waals surface area contributed by atoms with Crippen molar-refractivity contribution in [2.45, 2.75) is 170 Å². The summed E-state index contributed by atoms with van der Waals surface area (Å²) in [4.78, 5) is 26.4. The number of primary sulfonamides is 1. The van der Waals surface area contributed by atoms with Gasteiger partial charge in [0.1, 0.15) is 6.10 Å². The van der Waals surface area contributed by atoms with Gasteiger partial charge in [0, 0.05) is 56.5 Å². The lowest BCUT2D eigenvalue weighted by atomic mass is 9.82. The molecule has 2 saturated heterocycles. The Morgan fingerprint density at radius 3 is 1.96 bits per heavy atom. The van der Waals surface area contributed by atoms with Crippen LogP contribution in [0.4, 0.5) is 0 Å². The lowest BCUT2D eigenvalue weighted by Crippen LogP contribution is -2.58. The van der Waals surface area contributed by atoms with Gasteiger partial charge in [-0.1, -0.05) is 98.9 Å². The first kappa shape index (κ1) is 60.8. The van der Waals surface area contributed by atoms with Crippen molar-refractivity contribution in [3.8, 4) is 0 Å². The summed E-state index contributed by atoms with van der Waals surface area (Å²) in [5.74, 6) is -6.27. The number of amides is 1. The lowest BCUT2D eigenvalue weighted by molar-refractivity contribution is -0.301. The van der Waals surface area contributed by atoms with E-state index in [-0.39, 0.29) is 57.6 Å². The molecule has 0 unspecified atom stereocenters. The normalized spacial score (nSPS) is 41.1. The maximum atomic E-state index is 13.7. The standard InChI is InChI=1S/C49H79N3O17S/c1-31-17-14-12-10-8-6-4-5-7-9-11-13-15-18-37(68-45-27-38(50)42(59)30-66-45)26-43-46(48(62)52-21-16-22-70(51,64)65)41(58)29-49(63,69-43)28-36(55)24-40(57)39(56)20-19-34(53)23-35(54)25-44(60)67-33(3)32(2)47(31)61/h4-15,17-18,31-43,45-47,53-59,61,63H,16,19-30,50H2,1-3H3,(H,52,62)(H2,51,64,65)/b5-4+,8-6+,9-7+,12-10+,13-11+,17-14+,18-15+/t31-,32-,33-,34+,35+,36-,37-,38+,39+,40+,41-,42+,43-,45-,46+,47+,49+/m0/s1. The van der Waals surface area contributed by atoms with E-state index in [2.05, 4.69) is 5.32 Å². The predicted octanol–water partition coefficient (Wildman–Crippen LogP) is 0.0626. The van der Waals surface area contributed by atoms with Gasteiger partial charge in [0.15, 0.2) is 12.1 Å². The summed E-state index contributed by atoms with van der Waals surface area (Å²) in [6.45, 7) is 4.98. The largest absolute Gasteiger partial charge is 0.462 e. The fourth-order valence-electron chi connectivity index (χ4n) is 8.30. The van der Waals surface area contributed by atoms with Gasteiger partial charge in [0.05, 0.1) is 85.7 Å². The van der Waals surface area contributed by atoms with Gasteiger partial charge in [-0.3, -0.25) is 9.59 Å². The van der Waals surface area contributed by atoms with Crippen molar-refractivity contribution in [3.63, 3.8) is 0 Å². The molecule has 0 aromatic carbocycles. The molecule has 2 bridgehead atoms. The molecule has 3 heterocycles. The Morgan fingerprint density at radius 1 is 0.757 bits per heavy atom. The number of sulfonamides is 1. The van der Waals surface area contributed by atoms with Crippen LogP contribution in [-0.4, -0.2) is 170 Å². The Morgan fingerprint density at radius 2 is 1.36 bits per heavy atom. The average molecular weight is 1010 g/mol. The second-order valence-corrected chi connectivity index (χ2v) is 20.4. The molecular weight excluding hydrogens is 935 g/mol.